The van der Waals surface area contributed by atoms with Crippen molar-refractivity contribution < 1.29 is 13.2 Å². The summed E-state index contributed by atoms with van der Waals surface area (Å²) in [5, 5.41) is 0. The molecule has 0 aromatic heterocycles. The molecule has 0 aliphatic carbocycles. The number of benzene rings is 1. The quantitative estimate of drug-likeness (QED) is 0.751. The van der Waals surface area contributed by atoms with E-state index in [1.807, 2.05) is 26.8 Å². The first kappa shape index (κ1) is 12.9. The van der Waals surface area contributed by atoms with Gasteiger partial charge in [-0.1, -0.05) is 6.07 Å². The van der Waals surface area contributed by atoms with Crippen molar-refractivity contribution in [3.8, 4) is 0 Å². The molecule has 0 radical (unpaired) electrons. The van der Waals surface area contributed by atoms with Crippen molar-refractivity contribution in [1.82, 2.24) is 0 Å². The number of hydrogen-bond acceptors (Lipinski definition) is 1. The maximum atomic E-state index is 12.3. The molecule has 0 amide bonds. The lowest BCUT2D eigenvalue weighted by Gasteiger charge is -2.23. The van der Waals surface area contributed by atoms with Gasteiger partial charge in [0.25, 0.3) is 0 Å². The molecule has 1 aromatic rings. The van der Waals surface area contributed by atoms with Crippen LogP contribution in [0.25, 0.3) is 0 Å². The molecule has 0 fully saturated rings. The summed E-state index contributed by atoms with van der Waals surface area (Å²) in [5.41, 5.74) is 3.62. The Kier molecular flexibility index (Phi) is 3.51. The normalized spacial score (nSPS) is 11.7. The summed E-state index contributed by atoms with van der Waals surface area (Å²) in [4.78, 5) is 1.24. The Labute approximate surface area is 93.9 Å². The maximum absolute atomic E-state index is 12.3. The van der Waals surface area contributed by atoms with Gasteiger partial charge in [-0.25, -0.2) is 0 Å². The Hall–Kier alpha value is -1.19. The molecule has 0 bridgehead atoms. The standard InChI is InChI=1S/C12H16F3N/c1-8-5-10(3)11(6-9(8)2)16(4)7-12(13,14)15/h5-6H,7H2,1-4H3. The van der Waals surface area contributed by atoms with E-state index in [0.29, 0.717) is 5.69 Å². The minimum atomic E-state index is -4.17. The Bertz CT molecular complexity index is 383. The summed E-state index contributed by atoms with van der Waals surface area (Å²) in [6, 6.07) is 3.72. The van der Waals surface area contributed by atoms with Crippen molar-refractivity contribution in [1.29, 1.82) is 0 Å². The zero-order valence-electron chi connectivity index (χ0n) is 9.94. The van der Waals surface area contributed by atoms with Crippen molar-refractivity contribution in [3.63, 3.8) is 0 Å². The summed E-state index contributed by atoms with van der Waals surface area (Å²) in [6.45, 7) is 4.76. The van der Waals surface area contributed by atoms with Gasteiger partial charge in [0.2, 0.25) is 0 Å². The molecule has 0 atom stereocenters. The van der Waals surface area contributed by atoms with Crippen LogP contribution < -0.4 is 4.90 Å². The van der Waals surface area contributed by atoms with Crippen LogP contribution in [0.15, 0.2) is 12.1 Å². The third kappa shape index (κ3) is 3.15. The Morgan fingerprint density at radius 1 is 1.00 bits per heavy atom. The van der Waals surface area contributed by atoms with Crippen molar-refractivity contribution >= 4 is 5.69 Å². The molecule has 0 saturated carbocycles. The van der Waals surface area contributed by atoms with Gasteiger partial charge in [0.05, 0.1) is 0 Å². The lowest BCUT2D eigenvalue weighted by Crippen LogP contribution is -2.31. The highest BCUT2D eigenvalue weighted by molar-refractivity contribution is 5.56. The van der Waals surface area contributed by atoms with Crippen LogP contribution in [0, 0.1) is 20.8 Å². The van der Waals surface area contributed by atoms with Gasteiger partial charge in [-0.2, -0.15) is 13.2 Å². The van der Waals surface area contributed by atoms with E-state index >= 15 is 0 Å². The number of alkyl halides is 3. The van der Waals surface area contributed by atoms with E-state index in [9.17, 15) is 13.2 Å². The third-order valence-corrected chi connectivity index (χ3v) is 2.64. The summed E-state index contributed by atoms with van der Waals surface area (Å²) < 4.78 is 36.8. The maximum Gasteiger partial charge on any atom is 0.405 e. The third-order valence-electron chi connectivity index (χ3n) is 2.64. The van der Waals surface area contributed by atoms with E-state index in [1.165, 1.54) is 11.9 Å². The van der Waals surface area contributed by atoms with Gasteiger partial charge < -0.3 is 4.90 Å². The summed E-state index contributed by atoms with van der Waals surface area (Å²) in [6.07, 6.45) is -4.17. The molecule has 90 valence electrons. The van der Waals surface area contributed by atoms with Crippen molar-refractivity contribution in [3.05, 3.63) is 28.8 Å². The molecule has 0 spiro atoms. The van der Waals surface area contributed by atoms with Crippen LogP contribution in [-0.2, 0) is 0 Å². The highest BCUT2D eigenvalue weighted by atomic mass is 19.4. The average molecular weight is 231 g/mol. The zero-order chi connectivity index (χ0) is 12.5. The van der Waals surface area contributed by atoms with Gasteiger partial charge in [-0.05, 0) is 43.5 Å². The molecule has 1 rings (SSSR count). The lowest BCUT2D eigenvalue weighted by atomic mass is 10.0. The first-order valence-corrected chi connectivity index (χ1v) is 5.06. The molecular weight excluding hydrogens is 215 g/mol. The summed E-state index contributed by atoms with van der Waals surface area (Å²) >= 11 is 0. The highest BCUT2D eigenvalue weighted by Gasteiger charge is 2.29. The monoisotopic (exact) mass is 231 g/mol. The number of nitrogens with zero attached hydrogens (tertiary/aromatic N) is 1. The van der Waals surface area contributed by atoms with Gasteiger partial charge in [-0.15, -0.1) is 0 Å². The highest BCUT2D eigenvalue weighted by Crippen LogP contribution is 2.26. The van der Waals surface area contributed by atoms with E-state index < -0.39 is 12.7 Å². The van der Waals surface area contributed by atoms with Crippen LogP contribution >= 0.6 is 0 Å². The van der Waals surface area contributed by atoms with Gasteiger partial charge in [-0.3, -0.25) is 0 Å². The van der Waals surface area contributed by atoms with E-state index in [-0.39, 0.29) is 0 Å². The molecular formula is C12H16F3N. The Balaban J connectivity index is 3.00. The predicted molar refractivity (Wildman–Crippen MR) is 60.0 cm³/mol. The SMILES string of the molecule is Cc1cc(C)c(N(C)CC(F)(F)F)cc1C. The summed E-state index contributed by atoms with van der Waals surface area (Å²) in [7, 11) is 1.46. The van der Waals surface area contributed by atoms with Crippen molar-refractivity contribution in [2.45, 2.75) is 26.9 Å². The van der Waals surface area contributed by atoms with E-state index in [2.05, 4.69) is 0 Å². The molecule has 1 nitrogen and oxygen atoms in total. The fourth-order valence-corrected chi connectivity index (χ4v) is 1.71. The predicted octanol–water partition coefficient (Wildman–Crippen LogP) is 3.61. The smallest absolute Gasteiger partial charge is 0.365 e. The first-order valence-electron chi connectivity index (χ1n) is 5.06. The molecule has 0 aliphatic rings. The largest absolute Gasteiger partial charge is 0.405 e. The zero-order valence-corrected chi connectivity index (χ0v) is 9.94. The Morgan fingerprint density at radius 3 is 2.00 bits per heavy atom. The number of rotatable bonds is 2. The molecule has 0 saturated heterocycles. The van der Waals surface area contributed by atoms with Crippen molar-refractivity contribution in [2.75, 3.05) is 18.5 Å². The molecule has 0 aliphatic heterocycles. The number of halogens is 3. The van der Waals surface area contributed by atoms with Crippen LogP contribution in [0.5, 0.6) is 0 Å². The van der Waals surface area contributed by atoms with E-state index in [1.54, 1.807) is 6.07 Å². The summed E-state index contributed by atoms with van der Waals surface area (Å²) in [5.74, 6) is 0. The number of anilines is 1. The lowest BCUT2D eigenvalue weighted by molar-refractivity contribution is -0.119. The second-order valence-electron chi connectivity index (χ2n) is 4.19. The van der Waals surface area contributed by atoms with Crippen LogP contribution in [-0.4, -0.2) is 19.8 Å². The minimum absolute atomic E-state index is 0.639. The second-order valence-corrected chi connectivity index (χ2v) is 4.19. The number of aryl methyl sites for hydroxylation is 3. The Morgan fingerprint density at radius 2 is 1.50 bits per heavy atom. The molecule has 0 heterocycles. The molecule has 0 N–H and O–H groups in total. The topological polar surface area (TPSA) is 3.24 Å². The van der Waals surface area contributed by atoms with E-state index in [4.69, 9.17) is 0 Å². The van der Waals surface area contributed by atoms with Gasteiger partial charge >= 0.3 is 6.18 Å². The molecule has 16 heavy (non-hydrogen) atoms. The van der Waals surface area contributed by atoms with E-state index in [0.717, 1.165) is 16.7 Å². The van der Waals surface area contributed by atoms with Gasteiger partial charge in [0.15, 0.2) is 0 Å². The first-order chi connectivity index (χ1) is 7.20. The molecule has 0 unspecified atom stereocenters. The second kappa shape index (κ2) is 4.36. The fraction of sp³-hybridized carbons (Fsp3) is 0.500. The van der Waals surface area contributed by atoms with Crippen LogP contribution in [0.2, 0.25) is 0 Å². The van der Waals surface area contributed by atoms with Gasteiger partial charge in [0, 0.05) is 12.7 Å². The fourth-order valence-electron chi connectivity index (χ4n) is 1.71. The minimum Gasteiger partial charge on any atom is -0.365 e. The molecule has 4 heteroatoms. The van der Waals surface area contributed by atoms with Gasteiger partial charge in [0.1, 0.15) is 6.54 Å². The van der Waals surface area contributed by atoms with Crippen LogP contribution in [0.4, 0.5) is 18.9 Å². The van der Waals surface area contributed by atoms with Crippen LogP contribution in [0.1, 0.15) is 16.7 Å². The van der Waals surface area contributed by atoms with Crippen LogP contribution in [0.3, 0.4) is 0 Å². The average Bonchev–Trinajstić information content (AvgIpc) is 2.08. The van der Waals surface area contributed by atoms with Crippen molar-refractivity contribution in [2.24, 2.45) is 0 Å². The molecule has 1 aromatic carbocycles. The number of hydrogen-bond donors (Lipinski definition) is 0.